The number of likely N-dealkylation sites (tertiary alicyclic amines) is 1. The molecule has 2 aromatic heterocycles. The van der Waals surface area contributed by atoms with Crippen LogP contribution in [0.4, 0.5) is 13.2 Å². The monoisotopic (exact) mass is 419 g/mol. The first kappa shape index (κ1) is 21.2. The van der Waals surface area contributed by atoms with E-state index in [0.717, 1.165) is 76.0 Å². The van der Waals surface area contributed by atoms with Crippen molar-refractivity contribution in [1.82, 2.24) is 24.7 Å². The van der Waals surface area contributed by atoms with E-state index in [4.69, 9.17) is 0 Å². The van der Waals surface area contributed by atoms with E-state index in [1.54, 1.807) is 6.07 Å². The summed E-state index contributed by atoms with van der Waals surface area (Å²) in [6.07, 6.45) is 1.04. The molecule has 2 aromatic rings. The summed E-state index contributed by atoms with van der Waals surface area (Å²) in [6, 6.07) is 9.28. The van der Waals surface area contributed by atoms with Gasteiger partial charge in [0.25, 0.3) is 0 Å². The van der Waals surface area contributed by atoms with E-state index in [9.17, 15) is 13.2 Å². The molecule has 2 aliphatic rings. The van der Waals surface area contributed by atoms with Crippen molar-refractivity contribution in [1.29, 1.82) is 0 Å². The van der Waals surface area contributed by atoms with E-state index in [1.165, 1.54) is 6.20 Å². The van der Waals surface area contributed by atoms with E-state index in [0.29, 0.717) is 12.6 Å². The van der Waals surface area contributed by atoms with Crippen molar-refractivity contribution in [2.75, 3.05) is 39.3 Å². The van der Waals surface area contributed by atoms with Gasteiger partial charge in [0.2, 0.25) is 0 Å². The lowest BCUT2D eigenvalue weighted by molar-refractivity contribution is -0.141. The molecule has 4 rings (SSSR count). The standard InChI is InChI=1S/C22H28F3N5/c23-22(24,25)21-5-4-18(15-27-21)16-28-9-6-20(7-10-28)30-13-11-29(12-14-30)17-19-3-1-2-8-26-19/h1-5,8,15,20H,6-7,9-14,16-17H2. The summed E-state index contributed by atoms with van der Waals surface area (Å²) in [4.78, 5) is 15.4. The molecule has 162 valence electrons. The highest BCUT2D eigenvalue weighted by atomic mass is 19.4. The van der Waals surface area contributed by atoms with Crippen molar-refractivity contribution in [3.05, 3.63) is 59.7 Å². The van der Waals surface area contributed by atoms with Gasteiger partial charge in [0.15, 0.2) is 0 Å². The topological polar surface area (TPSA) is 35.5 Å². The lowest BCUT2D eigenvalue weighted by Gasteiger charge is -2.42. The largest absolute Gasteiger partial charge is 0.433 e. The molecule has 0 aromatic carbocycles. The summed E-state index contributed by atoms with van der Waals surface area (Å²) in [5.74, 6) is 0. The molecule has 0 spiro atoms. The molecule has 0 N–H and O–H groups in total. The molecular formula is C22H28F3N5. The Labute approximate surface area is 175 Å². The minimum Gasteiger partial charge on any atom is -0.299 e. The second kappa shape index (κ2) is 9.41. The fourth-order valence-electron chi connectivity index (χ4n) is 4.39. The van der Waals surface area contributed by atoms with Crippen LogP contribution in [-0.4, -0.2) is 70.0 Å². The molecule has 2 aliphatic heterocycles. The van der Waals surface area contributed by atoms with Gasteiger partial charge in [-0.25, -0.2) is 0 Å². The summed E-state index contributed by atoms with van der Waals surface area (Å²) in [5, 5.41) is 0. The number of nitrogens with zero attached hydrogens (tertiary/aromatic N) is 5. The van der Waals surface area contributed by atoms with Gasteiger partial charge in [-0.05, 0) is 49.7 Å². The van der Waals surface area contributed by atoms with E-state index in [2.05, 4.69) is 30.7 Å². The third kappa shape index (κ3) is 5.56. The number of piperazine rings is 1. The first-order valence-electron chi connectivity index (χ1n) is 10.6. The van der Waals surface area contributed by atoms with Crippen molar-refractivity contribution in [2.45, 2.75) is 38.1 Å². The highest BCUT2D eigenvalue weighted by Gasteiger charge is 2.32. The van der Waals surface area contributed by atoms with Crippen LogP contribution >= 0.6 is 0 Å². The van der Waals surface area contributed by atoms with Crippen molar-refractivity contribution < 1.29 is 13.2 Å². The van der Waals surface area contributed by atoms with Crippen molar-refractivity contribution in [3.63, 3.8) is 0 Å². The lowest BCUT2D eigenvalue weighted by atomic mass is 10.0. The summed E-state index contributed by atoms with van der Waals surface area (Å²) in [5.41, 5.74) is 1.13. The third-order valence-corrected chi connectivity index (χ3v) is 6.11. The number of alkyl halides is 3. The molecule has 4 heterocycles. The van der Waals surface area contributed by atoms with Crippen molar-refractivity contribution >= 4 is 0 Å². The SMILES string of the molecule is FC(F)(F)c1ccc(CN2CCC(N3CCN(Cc4ccccn4)CC3)CC2)cn1. The average Bonchev–Trinajstić information content (AvgIpc) is 2.75. The minimum atomic E-state index is -4.38. The Morgan fingerprint density at radius 3 is 2.17 bits per heavy atom. The molecule has 8 heteroatoms. The number of pyridine rings is 2. The van der Waals surface area contributed by atoms with Gasteiger partial charge in [-0.15, -0.1) is 0 Å². The van der Waals surface area contributed by atoms with Crippen LogP contribution < -0.4 is 0 Å². The van der Waals surface area contributed by atoms with Gasteiger partial charge >= 0.3 is 6.18 Å². The normalized spacial score (nSPS) is 20.5. The van der Waals surface area contributed by atoms with Crippen LogP contribution in [-0.2, 0) is 19.3 Å². The molecule has 2 fully saturated rings. The molecule has 2 saturated heterocycles. The van der Waals surface area contributed by atoms with Gasteiger partial charge in [-0.3, -0.25) is 24.7 Å². The van der Waals surface area contributed by atoms with E-state index in [1.807, 2.05) is 18.3 Å². The van der Waals surface area contributed by atoms with Crippen molar-refractivity contribution in [2.24, 2.45) is 0 Å². The maximum atomic E-state index is 12.6. The molecular weight excluding hydrogens is 391 g/mol. The van der Waals surface area contributed by atoms with E-state index >= 15 is 0 Å². The van der Waals surface area contributed by atoms with Crippen LogP contribution in [0.3, 0.4) is 0 Å². The molecule has 0 amide bonds. The molecule has 0 bridgehead atoms. The maximum absolute atomic E-state index is 12.6. The van der Waals surface area contributed by atoms with Crippen molar-refractivity contribution in [3.8, 4) is 0 Å². The minimum absolute atomic E-state index is 0.601. The molecule has 0 saturated carbocycles. The number of piperidine rings is 1. The summed E-state index contributed by atoms with van der Waals surface area (Å²) in [6.45, 7) is 7.81. The van der Waals surface area contributed by atoms with Crippen LogP contribution in [0.25, 0.3) is 0 Å². The van der Waals surface area contributed by atoms with E-state index < -0.39 is 11.9 Å². The molecule has 0 unspecified atom stereocenters. The van der Waals surface area contributed by atoms with E-state index in [-0.39, 0.29) is 0 Å². The number of rotatable bonds is 5. The Morgan fingerprint density at radius 2 is 1.57 bits per heavy atom. The highest BCUT2D eigenvalue weighted by Crippen LogP contribution is 2.27. The summed E-state index contributed by atoms with van der Waals surface area (Å²) >= 11 is 0. The second-order valence-electron chi connectivity index (χ2n) is 8.19. The predicted octanol–water partition coefficient (Wildman–Crippen LogP) is 3.28. The lowest BCUT2D eigenvalue weighted by Crippen LogP contribution is -2.52. The number of hydrogen-bond acceptors (Lipinski definition) is 5. The smallest absolute Gasteiger partial charge is 0.299 e. The van der Waals surface area contributed by atoms with Gasteiger partial charge in [-0.2, -0.15) is 13.2 Å². The Bertz CT molecular complexity index is 781. The van der Waals surface area contributed by atoms with Crippen LogP contribution in [0, 0.1) is 0 Å². The zero-order valence-corrected chi connectivity index (χ0v) is 17.1. The Hall–Kier alpha value is -2.03. The van der Waals surface area contributed by atoms with Gasteiger partial charge < -0.3 is 0 Å². The molecule has 0 aliphatic carbocycles. The fraction of sp³-hybridized carbons (Fsp3) is 0.545. The quantitative estimate of drug-likeness (QED) is 0.743. The Morgan fingerprint density at radius 1 is 0.833 bits per heavy atom. The zero-order chi connectivity index (χ0) is 21.0. The summed E-state index contributed by atoms with van der Waals surface area (Å²) in [7, 11) is 0. The fourth-order valence-corrected chi connectivity index (χ4v) is 4.39. The van der Waals surface area contributed by atoms with Crippen LogP contribution in [0.1, 0.15) is 29.8 Å². The van der Waals surface area contributed by atoms with Crippen LogP contribution in [0.5, 0.6) is 0 Å². The van der Waals surface area contributed by atoms with Gasteiger partial charge in [0.1, 0.15) is 5.69 Å². The highest BCUT2D eigenvalue weighted by molar-refractivity contribution is 5.16. The van der Waals surface area contributed by atoms with Gasteiger partial charge in [0.05, 0.1) is 5.69 Å². The first-order chi connectivity index (χ1) is 14.5. The third-order valence-electron chi connectivity index (χ3n) is 6.11. The predicted molar refractivity (Wildman–Crippen MR) is 109 cm³/mol. The van der Waals surface area contributed by atoms with Gasteiger partial charge in [-0.1, -0.05) is 12.1 Å². The second-order valence-corrected chi connectivity index (χ2v) is 8.19. The number of hydrogen-bond donors (Lipinski definition) is 0. The van der Waals surface area contributed by atoms with Crippen LogP contribution in [0.2, 0.25) is 0 Å². The molecule has 0 atom stereocenters. The Kier molecular flexibility index (Phi) is 6.65. The van der Waals surface area contributed by atoms with Crippen LogP contribution in [0.15, 0.2) is 42.7 Å². The summed E-state index contributed by atoms with van der Waals surface area (Å²) < 4.78 is 37.9. The molecule has 0 radical (unpaired) electrons. The zero-order valence-electron chi connectivity index (χ0n) is 17.1. The first-order valence-corrected chi connectivity index (χ1v) is 10.6. The van der Waals surface area contributed by atoms with Gasteiger partial charge in [0, 0.05) is 57.7 Å². The molecule has 5 nitrogen and oxygen atoms in total. The maximum Gasteiger partial charge on any atom is 0.433 e. The Balaban J connectivity index is 1.20. The number of halogens is 3. The molecule has 30 heavy (non-hydrogen) atoms. The number of aromatic nitrogens is 2. The average molecular weight is 419 g/mol.